The zero-order valence-electron chi connectivity index (χ0n) is 14.0. The Morgan fingerprint density at radius 3 is 3.04 bits per heavy atom. The summed E-state index contributed by atoms with van der Waals surface area (Å²) in [6, 6.07) is 7.40. The summed E-state index contributed by atoms with van der Waals surface area (Å²) < 4.78 is 5.69. The number of amides is 1. The Kier molecular flexibility index (Phi) is 3.72. The van der Waals surface area contributed by atoms with E-state index >= 15 is 0 Å². The van der Waals surface area contributed by atoms with Crippen molar-refractivity contribution in [2.24, 2.45) is 0 Å². The number of aromatic nitrogens is 3. The van der Waals surface area contributed by atoms with Crippen molar-refractivity contribution in [3.63, 3.8) is 0 Å². The number of pyridine rings is 1. The van der Waals surface area contributed by atoms with Crippen molar-refractivity contribution in [2.45, 2.75) is 26.2 Å². The standard InChI is InChI=1S/C19H18N4O2/c1-11(2)19-23-15-8-13(3-4-17(15)25-19)22-18(24)7-12-9-21-16-10-20-6-5-14(12)16/h3-6,8-11,21H,7H2,1-2H3,(H,22,24). The first kappa shape index (κ1) is 15.4. The fourth-order valence-corrected chi connectivity index (χ4v) is 2.83. The van der Waals surface area contributed by atoms with Crippen LogP contribution in [0.2, 0.25) is 0 Å². The molecule has 1 amide bonds. The molecule has 4 aromatic rings. The molecule has 0 saturated heterocycles. The monoisotopic (exact) mass is 334 g/mol. The molecule has 0 aliphatic rings. The second-order valence-electron chi connectivity index (χ2n) is 6.35. The molecular formula is C19H18N4O2. The van der Waals surface area contributed by atoms with Crippen molar-refractivity contribution in [3.05, 3.63) is 54.3 Å². The maximum Gasteiger partial charge on any atom is 0.228 e. The van der Waals surface area contributed by atoms with Gasteiger partial charge in [-0.25, -0.2) is 4.98 Å². The SMILES string of the molecule is CC(C)c1nc2cc(NC(=O)Cc3c[nH]c4cnccc34)ccc2o1. The van der Waals surface area contributed by atoms with Crippen LogP contribution in [0.25, 0.3) is 22.0 Å². The first-order valence-electron chi connectivity index (χ1n) is 8.20. The molecule has 25 heavy (non-hydrogen) atoms. The average molecular weight is 334 g/mol. The molecule has 0 fully saturated rings. The maximum atomic E-state index is 12.4. The number of nitrogens with one attached hydrogen (secondary N) is 2. The van der Waals surface area contributed by atoms with Crippen molar-refractivity contribution in [3.8, 4) is 0 Å². The quantitative estimate of drug-likeness (QED) is 0.590. The molecule has 0 radical (unpaired) electrons. The first-order valence-corrected chi connectivity index (χ1v) is 8.20. The lowest BCUT2D eigenvalue weighted by Gasteiger charge is -2.04. The van der Waals surface area contributed by atoms with Crippen LogP contribution < -0.4 is 5.32 Å². The molecule has 0 aliphatic carbocycles. The van der Waals surface area contributed by atoms with Gasteiger partial charge in [-0.15, -0.1) is 0 Å². The van der Waals surface area contributed by atoms with Crippen molar-refractivity contribution < 1.29 is 9.21 Å². The molecular weight excluding hydrogens is 316 g/mol. The van der Waals surface area contributed by atoms with E-state index in [0.717, 1.165) is 27.6 Å². The molecule has 126 valence electrons. The number of carbonyl (C=O) groups is 1. The normalized spacial score (nSPS) is 11.5. The fourth-order valence-electron chi connectivity index (χ4n) is 2.83. The summed E-state index contributed by atoms with van der Waals surface area (Å²) in [6.45, 7) is 4.06. The fraction of sp³-hybridized carbons (Fsp3) is 0.211. The maximum absolute atomic E-state index is 12.4. The molecule has 0 spiro atoms. The summed E-state index contributed by atoms with van der Waals surface area (Å²) in [7, 11) is 0. The van der Waals surface area contributed by atoms with Gasteiger partial charge in [-0.2, -0.15) is 0 Å². The van der Waals surface area contributed by atoms with Gasteiger partial charge in [0.25, 0.3) is 0 Å². The molecule has 0 atom stereocenters. The largest absolute Gasteiger partial charge is 0.440 e. The number of benzene rings is 1. The van der Waals surface area contributed by atoms with E-state index in [9.17, 15) is 4.79 Å². The lowest BCUT2D eigenvalue weighted by atomic mass is 10.1. The van der Waals surface area contributed by atoms with Gasteiger partial charge in [-0.3, -0.25) is 9.78 Å². The van der Waals surface area contributed by atoms with E-state index in [4.69, 9.17) is 4.42 Å². The van der Waals surface area contributed by atoms with Gasteiger partial charge >= 0.3 is 0 Å². The van der Waals surface area contributed by atoms with E-state index in [1.807, 2.05) is 44.3 Å². The minimum atomic E-state index is -0.0790. The lowest BCUT2D eigenvalue weighted by Crippen LogP contribution is -2.14. The minimum absolute atomic E-state index is 0.0790. The second-order valence-corrected chi connectivity index (χ2v) is 6.35. The van der Waals surface area contributed by atoms with Gasteiger partial charge in [0.05, 0.1) is 18.1 Å². The van der Waals surface area contributed by atoms with E-state index in [0.29, 0.717) is 11.6 Å². The van der Waals surface area contributed by atoms with Gasteiger partial charge in [-0.05, 0) is 29.8 Å². The number of H-pyrrole nitrogens is 1. The second kappa shape index (κ2) is 6.05. The summed E-state index contributed by atoms with van der Waals surface area (Å²) in [6.07, 6.45) is 5.61. The van der Waals surface area contributed by atoms with Crippen LogP contribution in [0.4, 0.5) is 5.69 Å². The Bertz CT molecular complexity index is 1060. The molecule has 3 aromatic heterocycles. The summed E-state index contributed by atoms with van der Waals surface area (Å²) in [5.41, 5.74) is 4.06. The summed E-state index contributed by atoms with van der Waals surface area (Å²) in [4.78, 5) is 24.1. The number of rotatable bonds is 4. The minimum Gasteiger partial charge on any atom is -0.440 e. The molecule has 4 rings (SSSR count). The van der Waals surface area contributed by atoms with E-state index in [1.165, 1.54) is 0 Å². The van der Waals surface area contributed by atoms with Crippen molar-refractivity contribution >= 4 is 33.6 Å². The van der Waals surface area contributed by atoms with Gasteiger partial charge in [0.1, 0.15) is 5.52 Å². The molecule has 6 heteroatoms. The Hall–Kier alpha value is -3.15. The lowest BCUT2D eigenvalue weighted by molar-refractivity contribution is -0.115. The zero-order valence-corrected chi connectivity index (χ0v) is 14.0. The molecule has 0 unspecified atom stereocenters. The van der Waals surface area contributed by atoms with Gasteiger partial charge < -0.3 is 14.7 Å². The number of hydrogen-bond donors (Lipinski definition) is 2. The third-order valence-corrected chi connectivity index (χ3v) is 4.10. The van der Waals surface area contributed by atoms with Gasteiger partial charge in [-0.1, -0.05) is 13.8 Å². The number of carbonyl (C=O) groups excluding carboxylic acids is 1. The van der Waals surface area contributed by atoms with Gasteiger partial charge in [0.15, 0.2) is 11.5 Å². The van der Waals surface area contributed by atoms with Crippen molar-refractivity contribution in [1.82, 2.24) is 15.0 Å². The van der Waals surface area contributed by atoms with Crippen LogP contribution in [0.1, 0.15) is 31.2 Å². The number of fused-ring (bicyclic) bond motifs is 2. The average Bonchev–Trinajstić information content (AvgIpc) is 3.19. The molecule has 3 heterocycles. The van der Waals surface area contributed by atoms with Crippen LogP contribution in [0, 0.1) is 0 Å². The predicted molar refractivity (Wildman–Crippen MR) is 96.5 cm³/mol. The molecule has 6 nitrogen and oxygen atoms in total. The van der Waals surface area contributed by atoms with Crippen molar-refractivity contribution in [2.75, 3.05) is 5.32 Å². The van der Waals surface area contributed by atoms with Gasteiger partial charge in [0.2, 0.25) is 5.91 Å². The van der Waals surface area contributed by atoms with Crippen LogP contribution >= 0.6 is 0 Å². The zero-order chi connectivity index (χ0) is 17.4. The third-order valence-electron chi connectivity index (χ3n) is 4.10. The van der Waals surface area contributed by atoms with E-state index in [-0.39, 0.29) is 18.2 Å². The van der Waals surface area contributed by atoms with Crippen LogP contribution in [0.15, 0.2) is 47.3 Å². The Morgan fingerprint density at radius 2 is 2.20 bits per heavy atom. The molecule has 2 N–H and O–H groups in total. The topological polar surface area (TPSA) is 83.8 Å². The number of hydrogen-bond acceptors (Lipinski definition) is 4. The van der Waals surface area contributed by atoms with Gasteiger partial charge in [0, 0.05) is 29.4 Å². The summed E-state index contributed by atoms with van der Waals surface area (Å²) in [5, 5.41) is 3.94. The highest BCUT2D eigenvalue weighted by atomic mass is 16.3. The first-order chi connectivity index (χ1) is 12.1. The van der Waals surface area contributed by atoms with Crippen molar-refractivity contribution in [1.29, 1.82) is 0 Å². The van der Waals surface area contributed by atoms with E-state index in [1.54, 1.807) is 12.4 Å². The summed E-state index contributed by atoms with van der Waals surface area (Å²) >= 11 is 0. The van der Waals surface area contributed by atoms with E-state index < -0.39 is 0 Å². The number of aromatic amines is 1. The Labute approximate surface area is 144 Å². The van der Waals surface area contributed by atoms with Crippen LogP contribution in [0.5, 0.6) is 0 Å². The van der Waals surface area contributed by atoms with Crippen LogP contribution in [0.3, 0.4) is 0 Å². The molecule has 0 saturated carbocycles. The highest BCUT2D eigenvalue weighted by Gasteiger charge is 2.12. The highest BCUT2D eigenvalue weighted by molar-refractivity contribution is 5.96. The molecule has 0 bridgehead atoms. The van der Waals surface area contributed by atoms with E-state index in [2.05, 4.69) is 20.3 Å². The number of nitrogens with zero attached hydrogens (tertiary/aromatic N) is 2. The van der Waals surface area contributed by atoms with Crippen LogP contribution in [-0.2, 0) is 11.2 Å². The predicted octanol–water partition coefficient (Wildman–Crippen LogP) is 4.01. The highest BCUT2D eigenvalue weighted by Crippen LogP contribution is 2.24. The Balaban J connectivity index is 1.53. The third kappa shape index (κ3) is 2.98. The number of anilines is 1. The smallest absolute Gasteiger partial charge is 0.228 e. The molecule has 1 aromatic carbocycles. The molecule has 0 aliphatic heterocycles. The van der Waals surface area contributed by atoms with Crippen LogP contribution in [-0.4, -0.2) is 20.9 Å². The number of oxazole rings is 1. The Morgan fingerprint density at radius 1 is 1.32 bits per heavy atom. The summed E-state index contributed by atoms with van der Waals surface area (Å²) in [5.74, 6) is 0.845.